The fourth-order valence-corrected chi connectivity index (χ4v) is 2.40. The number of hydrogen-bond donors (Lipinski definition) is 3. The summed E-state index contributed by atoms with van der Waals surface area (Å²) in [5.41, 5.74) is 0.163. The first-order valence-corrected chi connectivity index (χ1v) is 8.17. The highest BCUT2D eigenvalue weighted by atomic mass is 35.5. The molecule has 1 unspecified atom stereocenters. The van der Waals surface area contributed by atoms with Crippen LogP contribution in [0.25, 0.3) is 11.5 Å². The summed E-state index contributed by atoms with van der Waals surface area (Å²) >= 11 is 5.61. The number of halogens is 2. The highest BCUT2D eigenvalue weighted by Gasteiger charge is 2.19. The molecule has 0 saturated carbocycles. The Balaban J connectivity index is 1.53. The number of amides is 2. The number of benzene rings is 1. The van der Waals surface area contributed by atoms with Gasteiger partial charge in [-0.1, -0.05) is 11.6 Å². The standard InChI is InChI=1S/C18H14ClFN2O5/c19-11-8-10(3-4-12(11)20)22-18(25)17(24)21-9-13(23)14-5-6-16(27-14)15-2-1-7-26-15/h1-8,13,23H,9H2,(H,21,24)(H,22,25). The average Bonchev–Trinajstić information content (AvgIpc) is 3.33. The van der Waals surface area contributed by atoms with E-state index < -0.39 is 23.7 Å². The molecule has 9 heteroatoms. The summed E-state index contributed by atoms with van der Waals surface area (Å²) in [6.45, 7) is -0.248. The predicted octanol–water partition coefficient (Wildman–Crippen LogP) is 3.12. The van der Waals surface area contributed by atoms with Crippen LogP contribution in [0.5, 0.6) is 0 Å². The molecule has 3 rings (SSSR count). The molecule has 7 nitrogen and oxygen atoms in total. The number of carbonyl (C=O) groups is 2. The Morgan fingerprint density at radius 2 is 1.96 bits per heavy atom. The molecule has 0 saturated heterocycles. The minimum atomic E-state index is -1.16. The molecule has 0 aliphatic heterocycles. The second-order valence-corrected chi connectivity index (χ2v) is 5.90. The smallest absolute Gasteiger partial charge is 0.313 e. The molecule has 3 aromatic rings. The number of rotatable bonds is 5. The summed E-state index contributed by atoms with van der Waals surface area (Å²) < 4.78 is 23.7. The minimum absolute atomic E-state index is 0.163. The molecule has 27 heavy (non-hydrogen) atoms. The van der Waals surface area contributed by atoms with Crippen molar-refractivity contribution in [2.24, 2.45) is 0 Å². The molecule has 2 aromatic heterocycles. The van der Waals surface area contributed by atoms with E-state index in [1.807, 2.05) is 0 Å². The van der Waals surface area contributed by atoms with Gasteiger partial charge < -0.3 is 24.6 Å². The lowest BCUT2D eigenvalue weighted by atomic mass is 10.2. The third-order valence-corrected chi connectivity index (χ3v) is 3.85. The van der Waals surface area contributed by atoms with Crippen molar-refractivity contribution in [3.63, 3.8) is 0 Å². The summed E-state index contributed by atoms with van der Waals surface area (Å²) in [5, 5.41) is 14.5. The molecule has 0 fully saturated rings. The maximum absolute atomic E-state index is 13.1. The van der Waals surface area contributed by atoms with Crippen LogP contribution in [0.1, 0.15) is 11.9 Å². The third-order valence-electron chi connectivity index (χ3n) is 3.56. The molecule has 1 aromatic carbocycles. The van der Waals surface area contributed by atoms with Crippen LogP contribution in [0.15, 0.2) is 57.6 Å². The zero-order chi connectivity index (χ0) is 19.4. The molecule has 0 aliphatic carbocycles. The zero-order valence-corrected chi connectivity index (χ0v) is 14.5. The molecule has 0 bridgehead atoms. The molecule has 3 N–H and O–H groups in total. The van der Waals surface area contributed by atoms with E-state index in [4.69, 9.17) is 20.4 Å². The second-order valence-electron chi connectivity index (χ2n) is 5.49. The Labute approximate surface area is 157 Å². The Kier molecular flexibility index (Phi) is 5.58. The number of aliphatic hydroxyl groups is 1. The molecule has 2 amide bonds. The van der Waals surface area contributed by atoms with Crippen molar-refractivity contribution in [2.75, 3.05) is 11.9 Å². The number of anilines is 1. The number of hydrogen-bond acceptors (Lipinski definition) is 5. The quantitative estimate of drug-likeness (QED) is 0.579. The van der Waals surface area contributed by atoms with Gasteiger partial charge in [0.2, 0.25) is 0 Å². The number of aliphatic hydroxyl groups excluding tert-OH is 1. The maximum Gasteiger partial charge on any atom is 0.313 e. The van der Waals surface area contributed by atoms with Gasteiger partial charge in [0.05, 0.1) is 17.8 Å². The summed E-state index contributed by atoms with van der Waals surface area (Å²) in [4.78, 5) is 23.7. The molecule has 140 valence electrons. The first kappa shape index (κ1) is 18.7. The van der Waals surface area contributed by atoms with Crippen molar-refractivity contribution >= 4 is 29.1 Å². The lowest BCUT2D eigenvalue weighted by molar-refractivity contribution is -0.136. The lowest BCUT2D eigenvalue weighted by Crippen LogP contribution is -2.37. The largest absolute Gasteiger partial charge is 0.461 e. The first-order valence-electron chi connectivity index (χ1n) is 7.80. The lowest BCUT2D eigenvalue weighted by Gasteiger charge is -2.10. The summed E-state index contributed by atoms with van der Waals surface area (Å²) in [6.07, 6.45) is 0.326. The minimum Gasteiger partial charge on any atom is -0.461 e. The van der Waals surface area contributed by atoms with Gasteiger partial charge >= 0.3 is 11.8 Å². The van der Waals surface area contributed by atoms with Crippen molar-refractivity contribution in [1.29, 1.82) is 0 Å². The van der Waals surface area contributed by atoms with Gasteiger partial charge in [0, 0.05) is 5.69 Å². The van der Waals surface area contributed by atoms with Crippen molar-refractivity contribution in [3.05, 3.63) is 65.3 Å². The third kappa shape index (κ3) is 4.55. The second kappa shape index (κ2) is 8.07. The predicted molar refractivity (Wildman–Crippen MR) is 94.4 cm³/mol. The van der Waals surface area contributed by atoms with Gasteiger partial charge in [-0.05, 0) is 42.5 Å². The van der Waals surface area contributed by atoms with Gasteiger partial charge in [0.25, 0.3) is 0 Å². The van der Waals surface area contributed by atoms with E-state index in [0.717, 1.165) is 6.07 Å². The monoisotopic (exact) mass is 392 g/mol. The van der Waals surface area contributed by atoms with E-state index in [0.29, 0.717) is 11.5 Å². The molecule has 0 aliphatic rings. The van der Waals surface area contributed by atoms with Crippen LogP contribution in [0.4, 0.5) is 10.1 Å². The fourth-order valence-electron chi connectivity index (χ4n) is 2.22. The first-order chi connectivity index (χ1) is 12.9. The van der Waals surface area contributed by atoms with Crippen LogP contribution in [0, 0.1) is 5.82 Å². The van der Waals surface area contributed by atoms with Crippen LogP contribution >= 0.6 is 11.6 Å². The number of carbonyl (C=O) groups excluding carboxylic acids is 2. The van der Waals surface area contributed by atoms with Gasteiger partial charge in [0.15, 0.2) is 11.5 Å². The van der Waals surface area contributed by atoms with E-state index in [1.165, 1.54) is 24.5 Å². The molecular weight excluding hydrogens is 379 g/mol. The summed E-state index contributed by atoms with van der Waals surface area (Å²) in [5.74, 6) is -1.49. The van der Waals surface area contributed by atoms with Gasteiger partial charge in [-0.25, -0.2) is 4.39 Å². The molecule has 1 atom stereocenters. The SMILES string of the molecule is O=C(NCC(O)c1ccc(-c2ccco2)o1)C(=O)Nc1ccc(F)c(Cl)c1. The molecule has 0 spiro atoms. The zero-order valence-electron chi connectivity index (χ0n) is 13.7. The summed E-state index contributed by atoms with van der Waals surface area (Å²) in [7, 11) is 0. The van der Waals surface area contributed by atoms with Crippen LogP contribution in [0.3, 0.4) is 0 Å². The molecular formula is C18H14ClFN2O5. The summed E-state index contributed by atoms with van der Waals surface area (Å²) in [6, 6.07) is 10.0. The van der Waals surface area contributed by atoms with E-state index in [-0.39, 0.29) is 23.0 Å². The Hall–Kier alpha value is -3.10. The Bertz CT molecular complexity index is 955. The average molecular weight is 393 g/mol. The highest BCUT2D eigenvalue weighted by Crippen LogP contribution is 2.25. The topological polar surface area (TPSA) is 105 Å². The van der Waals surface area contributed by atoms with Crippen molar-refractivity contribution in [2.45, 2.75) is 6.10 Å². The maximum atomic E-state index is 13.1. The van der Waals surface area contributed by atoms with Crippen LogP contribution in [-0.4, -0.2) is 23.5 Å². The van der Waals surface area contributed by atoms with E-state index in [2.05, 4.69) is 10.6 Å². The Morgan fingerprint density at radius 3 is 2.67 bits per heavy atom. The van der Waals surface area contributed by atoms with Crippen molar-refractivity contribution in [3.8, 4) is 11.5 Å². The number of furan rings is 2. The fraction of sp³-hybridized carbons (Fsp3) is 0.111. The van der Waals surface area contributed by atoms with E-state index >= 15 is 0 Å². The van der Waals surface area contributed by atoms with Gasteiger partial charge in [-0.15, -0.1) is 0 Å². The molecule has 0 radical (unpaired) electrons. The van der Waals surface area contributed by atoms with Crippen molar-refractivity contribution < 1.29 is 27.9 Å². The highest BCUT2D eigenvalue weighted by molar-refractivity contribution is 6.39. The van der Waals surface area contributed by atoms with E-state index in [1.54, 1.807) is 18.2 Å². The number of nitrogens with one attached hydrogen (secondary N) is 2. The van der Waals surface area contributed by atoms with Crippen LogP contribution < -0.4 is 10.6 Å². The van der Waals surface area contributed by atoms with Gasteiger partial charge in [0.1, 0.15) is 17.7 Å². The van der Waals surface area contributed by atoms with Crippen LogP contribution in [-0.2, 0) is 9.59 Å². The Morgan fingerprint density at radius 1 is 1.15 bits per heavy atom. The van der Waals surface area contributed by atoms with Crippen LogP contribution in [0.2, 0.25) is 5.02 Å². The molecule has 2 heterocycles. The van der Waals surface area contributed by atoms with Crippen molar-refractivity contribution in [1.82, 2.24) is 5.32 Å². The van der Waals surface area contributed by atoms with Gasteiger partial charge in [-0.2, -0.15) is 0 Å². The normalized spacial score (nSPS) is 11.8. The van der Waals surface area contributed by atoms with Gasteiger partial charge in [-0.3, -0.25) is 9.59 Å². The van der Waals surface area contributed by atoms with E-state index in [9.17, 15) is 19.1 Å².